The first-order chi connectivity index (χ1) is 28.9. The molecule has 0 radical (unpaired) electrons. The van der Waals surface area contributed by atoms with E-state index in [4.69, 9.17) is 46.9 Å². The summed E-state index contributed by atoms with van der Waals surface area (Å²) < 4.78 is 60.3. The molecule has 1 aromatic heterocycles. The Morgan fingerprint density at radius 2 is 1.68 bits per heavy atom. The third-order valence-corrected chi connectivity index (χ3v) is 11.4. The summed E-state index contributed by atoms with van der Waals surface area (Å²) >= 11 is 12.7. The van der Waals surface area contributed by atoms with E-state index in [0.717, 1.165) is 51.2 Å². The molecule has 13 nitrogen and oxygen atoms in total. The normalized spacial score (nSPS) is 19.2. The van der Waals surface area contributed by atoms with Crippen LogP contribution in [-0.4, -0.2) is 75.5 Å². The average molecular weight is 871 g/mol. The van der Waals surface area contributed by atoms with Gasteiger partial charge in [-0.1, -0.05) is 53.5 Å². The quantitative estimate of drug-likeness (QED) is 0.0457. The van der Waals surface area contributed by atoms with E-state index in [-0.39, 0.29) is 63.6 Å². The molecule has 3 aliphatic heterocycles. The number of benzene rings is 3. The zero-order valence-electron chi connectivity index (χ0n) is 32.5. The minimum atomic E-state index is -3.12. The Labute approximate surface area is 354 Å². The molecule has 2 bridgehead atoms. The molecule has 1 aliphatic carbocycles. The SMILES string of the molecule is COc1ccccc1C(Nc1cccc(C(=O)OCC(=O)OC(Cc2c(Cl)c[n+]([O-])cc2Cl)c2ccc(OC(F)F)c(OCC3CC3)c2)c1)C(=O)O[C@H]1CN2CCC1CC2. The molecule has 17 heteroatoms. The molecule has 318 valence electrons. The molecule has 4 aromatic rings. The number of aromatic nitrogens is 1. The predicted molar refractivity (Wildman–Crippen MR) is 214 cm³/mol. The summed E-state index contributed by atoms with van der Waals surface area (Å²) in [5.74, 6) is -1.51. The highest BCUT2D eigenvalue weighted by Gasteiger charge is 2.38. The largest absolute Gasteiger partial charge is 0.619 e. The number of nitrogens with zero attached hydrogens (tertiary/aromatic N) is 2. The third kappa shape index (κ3) is 10.9. The number of hydrogen-bond acceptors (Lipinski definition) is 12. The monoisotopic (exact) mass is 869 g/mol. The first kappa shape index (κ1) is 42.7. The Kier molecular flexibility index (Phi) is 13.8. The summed E-state index contributed by atoms with van der Waals surface area (Å²) in [4.78, 5) is 42.9. The molecular weight excluding hydrogens is 827 g/mol. The van der Waals surface area contributed by atoms with Crippen LogP contribution in [0.15, 0.2) is 79.1 Å². The van der Waals surface area contributed by atoms with Gasteiger partial charge >= 0.3 is 24.5 Å². The maximum atomic E-state index is 13.9. The lowest BCUT2D eigenvalue weighted by atomic mass is 9.86. The van der Waals surface area contributed by atoms with E-state index in [0.29, 0.717) is 33.8 Å². The number of methoxy groups -OCH3 is 1. The maximum absolute atomic E-state index is 13.9. The zero-order chi connectivity index (χ0) is 42.3. The highest BCUT2D eigenvalue weighted by molar-refractivity contribution is 6.35. The number of halogens is 4. The van der Waals surface area contributed by atoms with Gasteiger partial charge in [-0.3, -0.25) is 4.90 Å². The van der Waals surface area contributed by atoms with Crippen LogP contribution in [0.2, 0.25) is 10.0 Å². The van der Waals surface area contributed by atoms with Crippen LogP contribution in [0.1, 0.15) is 64.9 Å². The molecule has 3 aromatic carbocycles. The Morgan fingerprint density at radius 1 is 0.933 bits per heavy atom. The summed E-state index contributed by atoms with van der Waals surface area (Å²) in [6, 6.07) is 16.4. The van der Waals surface area contributed by atoms with Crippen LogP contribution in [0, 0.1) is 17.0 Å². The van der Waals surface area contributed by atoms with Crippen LogP contribution in [0.3, 0.4) is 0 Å². The smallest absolute Gasteiger partial charge is 0.387 e. The fraction of sp³-hybridized carbons (Fsp3) is 0.395. The van der Waals surface area contributed by atoms with Gasteiger partial charge < -0.3 is 38.9 Å². The van der Waals surface area contributed by atoms with E-state index in [1.165, 1.54) is 37.4 Å². The lowest BCUT2D eigenvalue weighted by molar-refractivity contribution is -0.605. The molecule has 4 heterocycles. The fourth-order valence-corrected chi connectivity index (χ4v) is 7.99. The van der Waals surface area contributed by atoms with E-state index in [2.05, 4.69) is 15.0 Å². The van der Waals surface area contributed by atoms with Gasteiger partial charge in [0.15, 0.2) is 36.5 Å². The third-order valence-electron chi connectivity index (χ3n) is 10.7. The first-order valence-electron chi connectivity index (χ1n) is 19.5. The number of carbonyl (C=O) groups is 3. The van der Waals surface area contributed by atoms with Crippen molar-refractivity contribution in [3.63, 3.8) is 0 Å². The van der Waals surface area contributed by atoms with E-state index >= 15 is 0 Å². The van der Waals surface area contributed by atoms with Crippen LogP contribution >= 0.6 is 23.2 Å². The van der Waals surface area contributed by atoms with E-state index in [9.17, 15) is 28.4 Å². The van der Waals surface area contributed by atoms with Crippen molar-refractivity contribution >= 4 is 46.8 Å². The lowest BCUT2D eigenvalue weighted by Gasteiger charge is -2.44. The topological polar surface area (TPSA) is 149 Å². The van der Waals surface area contributed by atoms with Crippen LogP contribution < -0.4 is 24.3 Å². The second kappa shape index (κ2) is 19.3. The van der Waals surface area contributed by atoms with Crippen LogP contribution in [0.25, 0.3) is 0 Å². The van der Waals surface area contributed by atoms with Crippen molar-refractivity contribution in [3.05, 3.63) is 117 Å². The molecular formula is C43H43Cl2F2N3O10. The van der Waals surface area contributed by atoms with E-state index in [1.807, 2.05) is 0 Å². The Bertz CT molecular complexity index is 2160. The number of alkyl halides is 2. The van der Waals surface area contributed by atoms with Crippen molar-refractivity contribution in [2.24, 2.45) is 11.8 Å². The summed E-state index contributed by atoms with van der Waals surface area (Å²) in [6.45, 7) is -1.03. The number of nitrogens with one attached hydrogen (secondary N) is 1. The molecule has 1 N–H and O–H groups in total. The summed E-state index contributed by atoms with van der Waals surface area (Å²) in [7, 11) is 1.51. The number of pyridine rings is 1. The van der Waals surface area contributed by atoms with Gasteiger partial charge in [-0.05, 0) is 92.6 Å². The number of hydrogen-bond donors (Lipinski definition) is 1. The molecule has 3 saturated heterocycles. The van der Waals surface area contributed by atoms with Crippen molar-refractivity contribution in [1.29, 1.82) is 0 Å². The molecule has 4 aliphatic rings. The number of fused-ring (bicyclic) bond motifs is 3. The van der Waals surface area contributed by atoms with Crippen molar-refractivity contribution in [2.75, 3.05) is 45.3 Å². The Morgan fingerprint density at radius 3 is 2.37 bits per heavy atom. The standard InChI is InChI=1S/C43H43Cl2F2N3O10/c1-55-34-8-3-2-7-30(34)40(42(53)59-38-22-49-15-13-26(38)14-16-49)48-29-6-4-5-28(17-29)41(52)57-24-39(51)58-36(19-31-32(44)20-50(54)21-33(31)45)27-11-12-35(60-43(46)47)37(18-27)56-23-25-9-10-25/h2-8,11-12,17-18,20-21,25-26,36,38,40,43,48H,9-10,13-16,19,22-24H2,1H3/t36?,38-,40?/m0/s1. The van der Waals surface area contributed by atoms with Gasteiger partial charge in [-0.15, -0.1) is 0 Å². The van der Waals surface area contributed by atoms with Gasteiger partial charge in [-0.2, -0.15) is 13.5 Å². The Balaban J connectivity index is 1.06. The van der Waals surface area contributed by atoms with Gasteiger partial charge in [0, 0.05) is 29.8 Å². The number of carbonyl (C=O) groups excluding carboxylic acids is 3. The van der Waals surface area contributed by atoms with Gasteiger partial charge in [0.25, 0.3) is 0 Å². The number of rotatable bonds is 18. The molecule has 4 fully saturated rings. The molecule has 1 saturated carbocycles. The highest BCUT2D eigenvalue weighted by atomic mass is 35.5. The van der Waals surface area contributed by atoms with Gasteiger partial charge in [0.1, 0.15) is 28.0 Å². The number of piperidine rings is 3. The minimum absolute atomic E-state index is 0.00327. The second-order valence-corrected chi connectivity index (χ2v) is 15.7. The molecule has 0 amide bonds. The Hall–Kier alpha value is -5.38. The van der Waals surface area contributed by atoms with E-state index in [1.54, 1.807) is 36.4 Å². The summed E-state index contributed by atoms with van der Waals surface area (Å²) in [5.41, 5.74) is 1.55. The number of para-hydroxylation sites is 1. The summed E-state index contributed by atoms with van der Waals surface area (Å²) in [6.07, 6.45) is 4.39. The van der Waals surface area contributed by atoms with Crippen molar-refractivity contribution in [3.8, 4) is 17.2 Å². The number of anilines is 1. The van der Waals surface area contributed by atoms with Crippen LogP contribution in [0.5, 0.6) is 17.2 Å². The molecule has 3 atom stereocenters. The van der Waals surface area contributed by atoms with Gasteiger partial charge in [0.2, 0.25) is 0 Å². The average Bonchev–Trinajstić information content (AvgIpc) is 4.07. The number of esters is 3. The van der Waals surface area contributed by atoms with Crippen LogP contribution in [-0.2, 0) is 30.2 Å². The zero-order valence-corrected chi connectivity index (χ0v) is 34.0. The maximum Gasteiger partial charge on any atom is 0.387 e. The molecule has 2 unspecified atom stereocenters. The van der Waals surface area contributed by atoms with Gasteiger partial charge in [-0.25, -0.2) is 14.4 Å². The number of ether oxygens (including phenoxy) is 6. The lowest BCUT2D eigenvalue weighted by Crippen LogP contribution is -2.52. The highest BCUT2D eigenvalue weighted by Crippen LogP contribution is 2.38. The minimum Gasteiger partial charge on any atom is -0.619 e. The van der Waals surface area contributed by atoms with Crippen molar-refractivity contribution < 1.29 is 56.3 Å². The molecule has 0 spiro atoms. The predicted octanol–water partition coefficient (Wildman–Crippen LogP) is 7.50. The van der Waals surface area contributed by atoms with Crippen molar-refractivity contribution in [1.82, 2.24) is 4.90 Å². The van der Waals surface area contributed by atoms with Crippen LogP contribution in [0.4, 0.5) is 14.5 Å². The first-order valence-corrected chi connectivity index (χ1v) is 20.3. The fourth-order valence-electron chi connectivity index (χ4n) is 7.40. The molecule has 60 heavy (non-hydrogen) atoms. The van der Waals surface area contributed by atoms with Gasteiger partial charge in [0.05, 0.1) is 19.3 Å². The second-order valence-electron chi connectivity index (χ2n) is 14.9. The van der Waals surface area contributed by atoms with E-state index < -0.39 is 43.3 Å². The summed E-state index contributed by atoms with van der Waals surface area (Å²) in [5, 5.41) is 15.1. The van der Waals surface area contributed by atoms with Crippen molar-refractivity contribution in [2.45, 2.75) is 57.0 Å². The molecule has 8 rings (SSSR count).